The molecule has 0 fully saturated rings. The Labute approximate surface area is 108 Å². The zero-order chi connectivity index (χ0) is 14.1. The van der Waals surface area contributed by atoms with Gasteiger partial charge in [-0.25, -0.2) is 0 Å². The Morgan fingerprint density at radius 3 is 2.17 bits per heavy atom. The molecule has 0 rings (SSSR count). The molecule has 0 aromatic rings. The number of carbonyl (C=O) groups is 2. The van der Waals surface area contributed by atoms with E-state index in [1.165, 1.54) is 0 Å². The number of nitrogens with zero attached hydrogens (tertiary/aromatic N) is 2. The number of likely N-dealkylation sites (N-methyl/N-ethyl adjacent to an activating group) is 1. The van der Waals surface area contributed by atoms with Crippen LogP contribution >= 0.6 is 0 Å². The molecular formula is C13H22N2O3. The quantitative estimate of drug-likeness (QED) is 0.619. The van der Waals surface area contributed by atoms with Gasteiger partial charge < -0.3 is 10.0 Å². The van der Waals surface area contributed by atoms with Gasteiger partial charge in [0.05, 0.1) is 12.5 Å². The maximum atomic E-state index is 11.9. The number of carbonyl (C=O) groups excluding carboxylic acids is 1. The predicted octanol–water partition coefficient (Wildman–Crippen LogP) is 0.839. The molecule has 0 spiro atoms. The van der Waals surface area contributed by atoms with E-state index in [1.807, 2.05) is 0 Å². The lowest BCUT2D eigenvalue weighted by Gasteiger charge is -2.24. The summed E-state index contributed by atoms with van der Waals surface area (Å²) in [6.45, 7) is 10.3. The van der Waals surface area contributed by atoms with Gasteiger partial charge in [0.15, 0.2) is 0 Å². The van der Waals surface area contributed by atoms with Gasteiger partial charge in [0.2, 0.25) is 5.91 Å². The Kier molecular flexibility index (Phi) is 7.71. The molecule has 5 heteroatoms. The molecule has 0 aliphatic heterocycles. The molecule has 0 heterocycles. The zero-order valence-electron chi connectivity index (χ0n) is 11.1. The normalized spacial score (nSPS) is 11.9. The molecule has 0 aliphatic carbocycles. The van der Waals surface area contributed by atoms with Crippen molar-refractivity contribution in [1.29, 1.82) is 0 Å². The van der Waals surface area contributed by atoms with E-state index in [0.717, 1.165) is 0 Å². The van der Waals surface area contributed by atoms with E-state index in [1.54, 1.807) is 35.9 Å². The molecule has 1 amide bonds. The molecule has 0 aromatic heterocycles. The van der Waals surface area contributed by atoms with Crippen LogP contribution in [0.25, 0.3) is 0 Å². The van der Waals surface area contributed by atoms with Crippen molar-refractivity contribution in [2.75, 3.05) is 33.2 Å². The van der Waals surface area contributed by atoms with Crippen LogP contribution in [0.3, 0.4) is 0 Å². The average molecular weight is 254 g/mol. The maximum absolute atomic E-state index is 11.9. The monoisotopic (exact) mass is 254 g/mol. The van der Waals surface area contributed by atoms with Crippen LogP contribution in [0, 0.1) is 5.92 Å². The van der Waals surface area contributed by atoms with Gasteiger partial charge in [-0.05, 0) is 7.05 Å². The minimum Gasteiger partial charge on any atom is -0.481 e. The van der Waals surface area contributed by atoms with Crippen LogP contribution in [-0.4, -0.2) is 60.0 Å². The third kappa shape index (κ3) is 6.20. The van der Waals surface area contributed by atoms with E-state index in [0.29, 0.717) is 19.6 Å². The highest BCUT2D eigenvalue weighted by molar-refractivity contribution is 5.78. The summed E-state index contributed by atoms with van der Waals surface area (Å²) in [5, 5.41) is 8.79. The minimum absolute atomic E-state index is 0.0603. The Bertz CT molecular complexity index is 305. The van der Waals surface area contributed by atoms with Crippen LogP contribution in [0.1, 0.15) is 6.92 Å². The molecule has 0 aromatic carbocycles. The van der Waals surface area contributed by atoms with Crippen molar-refractivity contribution in [3.05, 3.63) is 25.3 Å². The van der Waals surface area contributed by atoms with Crippen molar-refractivity contribution in [1.82, 2.24) is 9.80 Å². The lowest BCUT2D eigenvalue weighted by molar-refractivity contribution is -0.142. The van der Waals surface area contributed by atoms with Gasteiger partial charge in [0.25, 0.3) is 0 Å². The van der Waals surface area contributed by atoms with E-state index in [2.05, 4.69) is 13.2 Å². The molecule has 1 unspecified atom stereocenters. The molecule has 0 radical (unpaired) electrons. The third-order valence-corrected chi connectivity index (χ3v) is 2.46. The van der Waals surface area contributed by atoms with Gasteiger partial charge in [0, 0.05) is 19.6 Å². The second-order valence-corrected chi connectivity index (χ2v) is 4.31. The molecule has 1 N–H and O–H groups in total. The highest BCUT2D eigenvalue weighted by Crippen LogP contribution is 2.00. The van der Waals surface area contributed by atoms with Crippen LogP contribution in [0.2, 0.25) is 0 Å². The molecule has 18 heavy (non-hydrogen) atoms. The van der Waals surface area contributed by atoms with E-state index >= 15 is 0 Å². The standard InChI is InChI=1S/C13H22N2O3/c1-5-7-15(8-6-2)12(16)10-14(4)9-11(3)13(17)18/h5-6,11H,1-2,7-10H2,3-4H3,(H,17,18). The average Bonchev–Trinajstić information content (AvgIpc) is 2.28. The van der Waals surface area contributed by atoms with Crippen LogP contribution < -0.4 is 0 Å². The Balaban J connectivity index is 4.30. The van der Waals surface area contributed by atoms with Gasteiger partial charge in [-0.1, -0.05) is 19.1 Å². The fourth-order valence-electron chi connectivity index (χ4n) is 1.53. The molecule has 5 nitrogen and oxygen atoms in total. The van der Waals surface area contributed by atoms with Crippen LogP contribution in [0.15, 0.2) is 25.3 Å². The number of hydrogen-bond donors (Lipinski definition) is 1. The van der Waals surface area contributed by atoms with Crippen molar-refractivity contribution < 1.29 is 14.7 Å². The van der Waals surface area contributed by atoms with E-state index < -0.39 is 11.9 Å². The first-order valence-corrected chi connectivity index (χ1v) is 5.83. The first kappa shape index (κ1) is 16.4. The summed E-state index contributed by atoms with van der Waals surface area (Å²) in [6, 6.07) is 0. The summed E-state index contributed by atoms with van der Waals surface area (Å²) in [7, 11) is 1.73. The Hall–Kier alpha value is -1.62. The first-order chi connectivity index (χ1) is 8.42. The zero-order valence-corrected chi connectivity index (χ0v) is 11.1. The number of amides is 1. The van der Waals surface area contributed by atoms with Gasteiger partial charge in [-0.3, -0.25) is 14.5 Å². The van der Waals surface area contributed by atoms with Crippen molar-refractivity contribution >= 4 is 11.9 Å². The maximum Gasteiger partial charge on any atom is 0.307 e. The largest absolute Gasteiger partial charge is 0.481 e. The molecule has 102 valence electrons. The first-order valence-electron chi connectivity index (χ1n) is 5.83. The van der Waals surface area contributed by atoms with Gasteiger partial charge >= 0.3 is 5.97 Å². The number of carboxylic acids is 1. The second kappa shape index (κ2) is 8.47. The van der Waals surface area contributed by atoms with Crippen LogP contribution in [-0.2, 0) is 9.59 Å². The highest BCUT2D eigenvalue weighted by Gasteiger charge is 2.17. The fraction of sp³-hybridized carbons (Fsp3) is 0.538. The Morgan fingerprint density at radius 1 is 1.28 bits per heavy atom. The smallest absolute Gasteiger partial charge is 0.307 e. The number of rotatable bonds is 9. The lowest BCUT2D eigenvalue weighted by atomic mass is 10.2. The van der Waals surface area contributed by atoms with E-state index in [4.69, 9.17) is 5.11 Å². The summed E-state index contributed by atoms with van der Waals surface area (Å²) in [5.74, 6) is -1.41. The van der Waals surface area contributed by atoms with Crippen molar-refractivity contribution in [2.24, 2.45) is 5.92 Å². The predicted molar refractivity (Wildman–Crippen MR) is 71.3 cm³/mol. The molecule has 0 saturated carbocycles. The summed E-state index contributed by atoms with van der Waals surface area (Å²) in [6.07, 6.45) is 3.31. The Morgan fingerprint density at radius 2 is 1.78 bits per heavy atom. The minimum atomic E-state index is -0.858. The SMILES string of the molecule is C=CCN(CC=C)C(=O)CN(C)CC(C)C(=O)O. The highest BCUT2D eigenvalue weighted by atomic mass is 16.4. The lowest BCUT2D eigenvalue weighted by Crippen LogP contribution is -2.41. The molecular weight excluding hydrogens is 232 g/mol. The van der Waals surface area contributed by atoms with Crippen LogP contribution in [0.5, 0.6) is 0 Å². The van der Waals surface area contributed by atoms with Crippen molar-refractivity contribution in [3.63, 3.8) is 0 Å². The molecule has 0 saturated heterocycles. The molecule has 1 atom stereocenters. The van der Waals surface area contributed by atoms with Gasteiger partial charge in [-0.15, -0.1) is 13.2 Å². The number of carboxylic acid groups (broad SMARTS) is 1. The summed E-state index contributed by atoms with van der Waals surface area (Å²) >= 11 is 0. The third-order valence-electron chi connectivity index (χ3n) is 2.46. The molecule has 0 bridgehead atoms. The van der Waals surface area contributed by atoms with Crippen molar-refractivity contribution in [3.8, 4) is 0 Å². The molecule has 0 aliphatic rings. The number of aliphatic carboxylic acids is 1. The van der Waals surface area contributed by atoms with E-state index in [9.17, 15) is 9.59 Å². The summed E-state index contributed by atoms with van der Waals surface area (Å²) in [5.41, 5.74) is 0. The topological polar surface area (TPSA) is 60.9 Å². The van der Waals surface area contributed by atoms with Gasteiger partial charge in [-0.2, -0.15) is 0 Å². The van der Waals surface area contributed by atoms with Crippen molar-refractivity contribution in [2.45, 2.75) is 6.92 Å². The van der Waals surface area contributed by atoms with E-state index in [-0.39, 0.29) is 12.5 Å². The summed E-state index contributed by atoms with van der Waals surface area (Å²) < 4.78 is 0. The summed E-state index contributed by atoms with van der Waals surface area (Å²) in [4.78, 5) is 26.0. The fourth-order valence-corrected chi connectivity index (χ4v) is 1.53. The second-order valence-electron chi connectivity index (χ2n) is 4.31. The number of hydrogen-bond acceptors (Lipinski definition) is 3. The van der Waals surface area contributed by atoms with Gasteiger partial charge in [0.1, 0.15) is 0 Å². The van der Waals surface area contributed by atoms with Crippen LogP contribution in [0.4, 0.5) is 0 Å².